The number of carbonyl (C=O) groups is 1. The van der Waals surface area contributed by atoms with Crippen molar-refractivity contribution in [1.29, 1.82) is 0 Å². The number of halogens is 1. The van der Waals surface area contributed by atoms with E-state index in [1.165, 1.54) is 0 Å². The Morgan fingerprint density at radius 2 is 2.14 bits per heavy atom. The first-order valence-corrected chi connectivity index (χ1v) is 7.08. The molecule has 0 aromatic heterocycles. The Hall–Kier alpha value is -2.20. The Labute approximate surface area is 127 Å². The van der Waals surface area contributed by atoms with E-state index in [4.69, 9.17) is 11.6 Å². The van der Waals surface area contributed by atoms with Crippen molar-refractivity contribution in [3.05, 3.63) is 52.5 Å². The van der Waals surface area contributed by atoms with E-state index in [2.05, 4.69) is 10.6 Å². The van der Waals surface area contributed by atoms with Crippen molar-refractivity contribution in [1.82, 2.24) is 0 Å². The maximum Gasteiger partial charge on any atom is 0.228 e. The van der Waals surface area contributed by atoms with E-state index in [9.17, 15) is 9.90 Å². The summed E-state index contributed by atoms with van der Waals surface area (Å²) in [5, 5.41) is 16.2. The molecule has 0 radical (unpaired) electrons. The summed E-state index contributed by atoms with van der Waals surface area (Å²) in [6.45, 7) is 1.99. The lowest BCUT2D eigenvalue weighted by molar-refractivity contribution is -0.115. The highest BCUT2D eigenvalue weighted by Crippen LogP contribution is 2.34. The molecule has 1 heterocycles. The van der Waals surface area contributed by atoms with Crippen LogP contribution < -0.4 is 10.6 Å². The number of nitrogens with one attached hydrogen (secondary N) is 2. The van der Waals surface area contributed by atoms with Gasteiger partial charge in [-0.3, -0.25) is 4.79 Å². The van der Waals surface area contributed by atoms with Gasteiger partial charge in [-0.15, -0.1) is 0 Å². The van der Waals surface area contributed by atoms with Crippen molar-refractivity contribution < 1.29 is 9.90 Å². The molecular formula is C16H15ClN2O2. The Morgan fingerprint density at radius 3 is 2.90 bits per heavy atom. The van der Waals surface area contributed by atoms with Crippen LogP contribution in [0.4, 0.5) is 11.4 Å². The topological polar surface area (TPSA) is 61.4 Å². The third kappa shape index (κ3) is 2.81. The van der Waals surface area contributed by atoms with Crippen molar-refractivity contribution in [3.63, 3.8) is 0 Å². The average Bonchev–Trinajstić information content (AvgIpc) is 2.78. The first kappa shape index (κ1) is 13.8. The van der Waals surface area contributed by atoms with E-state index in [1.54, 1.807) is 24.3 Å². The third-order valence-electron chi connectivity index (χ3n) is 3.56. The number of phenolic OH excluding ortho intramolecular Hbond substituents is 1. The minimum Gasteiger partial charge on any atom is -0.508 e. The lowest BCUT2D eigenvalue weighted by Gasteiger charge is -2.18. The lowest BCUT2D eigenvalue weighted by Crippen LogP contribution is -2.07. The van der Waals surface area contributed by atoms with Crippen molar-refractivity contribution >= 4 is 28.9 Å². The monoisotopic (exact) mass is 302 g/mol. The van der Waals surface area contributed by atoms with Crippen LogP contribution in [0.2, 0.25) is 5.02 Å². The molecule has 2 aromatic rings. The smallest absolute Gasteiger partial charge is 0.228 e. The first-order valence-electron chi connectivity index (χ1n) is 6.70. The van der Waals surface area contributed by atoms with Gasteiger partial charge in [0.25, 0.3) is 0 Å². The Balaban J connectivity index is 1.85. The Kier molecular flexibility index (Phi) is 3.47. The van der Waals surface area contributed by atoms with Gasteiger partial charge in [0.05, 0.1) is 17.1 Å². The maximum atomic E-state index is 11.4. The number of fused-ring (bicyclic) bond motifs is 1. The number of phenols is 1. The minimum absolute atomic E-state index is 0.0146. The molecule has 0 spiro atoms. The molecule has 0 aliphatic carbocycles. The molecule has 1 amide bonds. The van der Waals surface area contributed by atoms with E-state index in [0.717, 1.165) is 22.5 Å². The van der Waals surface area contributed by atoms with Gasteiger partial charge >= 0.3 is 0 Å². The number of rotatable bonds is 3. The third-order valence-corrected chi connectivity index (χ3v) is 3.87. The van der Waals surface area contributed by atoms with Crippen LogP contribution in [0.5, 0.6) is 5.75 Å². The van der Waals surface area contributed by atoms with Gasteiger partial charge in [0, 0.05) is 11.7 Å². The normalized spacial score (nSPS) is 14.5. The molecule has 1 aliphatic rings. The molecule has 4 nitrogen and oxygen atoms in total. The summed E-state index contributed by atoms with van der Waals surface area (Å²) in [4.78, 5) is 11.4. The van der Waals surface area contributed by atoms with E-state index < -0.39 is 0 Å². The van der Waals surface area contributed by atoms with Crippen molar-refractivity contribution in [2.45, 2.75) is 19.4 Å². The Bertz CT molecular complexity index is 715. The predicted octanol–water partition coefficient (Wildman–Crippen LogP) is 3.71. The summed E-state index contributed by atoms with van der Waals surface area (Å²) < 4.78 is 0. The van der Waals surface area contributed by atoms with Crippen LogP contribution in [-0.4, -0.2) is 11.0 Å². The van der Waals surface area contributed by atoms with Crippen molar-refractivity contribution in [3.8, 4) is 5.75 Å². The van der Waals surface area contributed by atoms with Crippen molar-refractivity contribution in [2.24, 2.45) is 0 Å². The molecule has 1 unspecified atom stereocenters. The standard InChI is InChI=1S/C16H15ClN2O2/c1-9(10-3-2-4-12(20)5-10)18-15-6-11-7-16(21)19-14(11)8-13(15)17/h2-6,8-9,18,20H,7H2,1H3,(H,19,21). The molecule has 0 fully saturated rings. The largest absolute Gasteiger partial charge is 0.508 e. The lowest BCUT2D eigenvalue weighted by atomic mass is 10.1. The van der Waals surface area contributed by atoms with Gasteiger partial charge in [-0.05, 0) is 42.3 Å². The number of hydrogen-bond donors (Lipinski definition) is 3. The fraction of sp³-hybridized carbons (Fsp3) is 0.188. The zero-order chi connectivity index (χ0) is 15.0. The highest BCUT2D eigenvalue weighted by Gasteiger charge is 2.20. The molecule has 3 N–H and O–H groups in total. The van der Waals surface area contributed by atoms with E-state index in [1.807, 2.05) is 19.1 Å². The van der Waals surface area contributed by atoms with E-state index >= 15 is 0 Å². The zero-order valence-electron chi connectivity index (χ0n) is 11.5. The summed E-state index contributed by atoms with van der Waals surface area (Å²) >= 11 is 6.26. The van der Waals surface area contributed by atoms with Crippen LogP contribution in [0.15, 0.2) is 36.4 Å². The number of hydrogen-bond acceptors (Lipinski definition) is 3. The quantitative estimate of drug-likeness (QED) is 0.810. The number of benzene rings is 2. The molecular weight excluding hydrogens is 288 g/mol. The predicted molar refractivity (Wildman–Crippen MR) is 83.9 cm³/mol. The van der Waals surface area contributed by atoms with Gasteiger partial charge in [-0.1, -0.05) is 23.7 Å². The molecule has 108 valence electrons. The SMILES string of the molecule is CC(Nc1cc2c(cc1Cl)NC(=O)C2)c1cccc(O)c1. The van der Waals surface area contributed by atoms with Crippen molar-refractivity contribution in [2.75, 3.05) is 10.6 Å². The molecule has 1 aliphatic heterocycles. The zero-order valence-corrected chi connectivity index (χ0v) is 12.2. The fourth-order valence-corrected chi connectivity index (χ4v) is 2.69. The van der Waals surface area contributed by atoms with Gasteiger partial charge in [0.1, 0.15) is 5.75 Å². The molecule has 0 bridgehead atoms. The van der Waals surface area contributed by atoms with E-state index in [-0.39, 0.29) is 17.7 Å². The van der Waals surface area contributed by atoms with Crippen LogP contribution >= 0.6 is 11.6 Å². The number of carbonyl (C=O) groups excluding carboxylic acids is 1. The molecule has 21 heavy (non-hydrogen) atoms. The van der Waals surface area contributed by atoms with Crippen LogP contribution in [0, 0.1) is 0 Å². The van der Waals surface area contributed by atoms with Gasteiger partial charge in [0.2, 0.25) is 5.91 Å². The van der Waals surface area contributed by atoms with Gasteiger partial charge in [-0.2, -0.15) is 0 Å². The second kappa shape index (κ2) is 5.30. The fourth-order valence-electron chi connectivity index (χ4n) is 2.47. The highest BCUT2D eigenvalue weighted by molar-refractivity contribution is 6.33. The number of anilines is 2. The van der Waals surface area contributed by atoms with Gasteiger partial charge < -0.3 is 15.7 Å². The first-order chi connectivity index (χ1) is 10.0. The van der Waals surface area contributed by atoms with Crippen LogP contribution in [0.3, 0.4) is 0 Å². The molecule has 5 heteroatoms. The average molecular weight is 303 g/mol. The van der Waals surface area contributed by atoms with Crippen LogP contribution in [0.1, 0.15) is 24.1 Å². The van der Waals surface area contributed by atoms with Gasteiger partial charge in [-0.25, -0.2) is 0 Å². The summed E-state index contributed by atoms with van der Waals surface area (Å²) in [5.74, 6) is 0.218. The van der Waals surface area contributed by atoms with Crippen LogP contribution in [0.25, 0.3) is 0 Å². The molecule has 2 aromatic carbocycles. The second-order valence-electron chi connectivity index (χ2n) is 5.18. The summed E-state index contributed by atoms with van der Waals surface area (Å²) in [6.07, 6.45) is 0.377. The highest BCUT2D eigenvalue weighted by atomic mass is 35.5. The molecule has 1 atom stereocenters. The Morgan fingerprint density at radius 1 is 1.33 bits per heavy atom. The minimum atomic E-state index is -0.0160. The molecule has 3 rings (SSSR count). The summed E-state index contributed by atoms with van der Waals surface area (Å²) in [7, 11) is 0. The second-order valence-corrected chi connectivity index (χ2v) is 5.58. The van der Waals surface area contributed by atoms with Crippen LogP contribution in [-0.2, 0) is 11.2 Å². The molecule has 0 saturated heterocycles. The van der Waals surface area contributed by atoms with Gasteiger partial charge in [0.15, 0.2) is 0 Å². The number of amides is 1. The molecule has 0 saturated carbocycles. The van der Waals surface area contributed by atoms with E-state index in [0.29, 0.717) is 11.4 Å². The summed E-state index contributed by atoms with van der Waals surface area (Å²) in [6, 6.07) is 10.7. The maximum absolute atomic E-state index is 11.4. The number of aromatic hydroxyl groups is 1. The summed E-state index contributed by atoms with van der Waals surface area (Å²) in [5.41, 5.74) is 3.46.